The number of nitrogens with one attached hydrogen (secondary N) is 3. The number of carbonyl (C=O) groups excluding carboxylic acids is 1. The van der Waals surface area contributed by atoms with Gasteiger partial charge in [-0.25, -0.2) is 4.39 Å². The van der Waals surface area contributed by atoms with Gasteiger partial charge in [0.15, 0.2) is 5.96 Å². The molecule has 6 nitrogen and oxygen atoms in total. The van der Waals surface area contributed by atoms with E-state index < -0.39 is 0 Å². The molecular weight excluding hydrogens is 436 g/mol. The number of likely N-dealkylation sites (tertiary alicyclic amines) is 1. The Morgan fingerprint density at radius 2 is 2.04 bits per heavy atom. The molecular formula is C17H27FIN5O. The first kappa shape index (κ1) is 21.6. The lowest BCUT2D eigenvalue weighted by molar-refractivity contribution is -0.115. The third kappa shape index (κ3) is 7.15. The molecule has 1 atom stereocenters. The van der Waals surface area contributed by atoms with Gasteiger partial charge in [-0.3, -0.25) is 14.7 Å². The second kappa shape index (κ2) is 11.2. The van der Waals surface area contributed by atoms with Crippen LogP contribution >= 0.6 is 24.0 Å². The molecule has 1 amide bonds. The summed E-state index contributed by atoms with van der Waals surface area (Å²) in [4.78, 5) is 18.5. The number of likely N-dealkylation sites (N-methyl/N-ethyl adjacent to an activating group) is 1. The Morgan fingerprint density at radius 1 is 1.32 bits per heavy atom. The Kier molecular flexibility index (Phi) is 9.73. The number of hydrogen-bond acceptors (Lipinski definition) is 3. The van der Waals surface area contributed by atoms with Crippen molar-refractivity contribution in [2.24, 2.45) is 4.99 Å². The molecule has 1 fully saturated rings. The van der Waals surface area contributed by atoms with E-state index in [0.717, 1.165) is 19.6 Å². The van der Waals surface area contributed by atoms with Crippen LogP contribution in [-0.4, -0.2) is 56.0 Å². The van der Waals surface area contributed by atoms with Crippen molar-refractivity contribution in [3.05, 3.63) is 30.1 Å². The highest BCUT2D eigenvalue weighted by atomic mass is 127. The average Bonchev–Trinajstić information content (AvgIpc) is 3.04. The van der Waals surface area contributed by atoms with Crippen LogP contribution in [0.5, 0.6) is 0 Å². The fraction of sp³-hybridized carbons (Fsp3) is 0.529. The lowest BCUT2D eigenvalue weighted by Gasteiger charge is -2.23. The molecule has 2 rings (SSSR count). The summed E-state index contributed by atoms with van der Waals surface area (Å²) in [6.07, 6.45) is 2.41. The zero-order chi connectivity index (χ0) is 17.4. The van der Waals surface area contributed by atoms with Gasteiger partial charge >= 0.3 is 0 Å². The molecule has 0 spiro atoms. The first-order chi connectivity index (χ1) is 11.6. The molecule has 3 N–H and O–H groups in total. The fourth-order valence-electron chi connectivity index (χ4n) is 2.88. The maximum absolute atomic E-state index is 12.8. The molecule has 1 aromatic rings. The van der Waals surface area contributed by atoms with E-state index >= 15 is 0 Å². The van der Waals surface area contributed by atoms with Gasteiger partial charge in [-0.05, 0) is 50.2 Å². The van der Waals surface area contributed by atoms with Crippen molar-refractivity contribution in [2.45, 2.75) is 25.8 Å². The molecule has 0 saturated carbocycles. The lowest BCUT2D eigenvalue weighted by atomic mass is 10.2. The Hall–Kier alpha value is -1.42. The minimum atomic E-state index is -0.330. The quantitative estimate of drug-likeness (QED) is 0.343. The second-order valence-electron chi connectivity index (χ2n) is 5.79. The molecule has 1 unspecified atom stereocenters. The summed E-state index contributed by atoms with van der Waals surface area (Å²) in [7, 11) is 1.68. The zero-order valence-corrected chi connectivity index (χ0v) is 17.0. The average molecular weight is 463 g/mol. The van der Waals surface area contributed by atoms with Gasteiger partial charge in [0.05, 0.1) is 6.54 Å². The van der Waals surface area contributed by atoms with Gasteiger partial charge in [0.2, 0.25) is 5.91 Å². The topological polar surface area (TPSA) is 68.8 Å². The standard InChI is InChI=1S/C17H26FN5O.HI/c1-3-23-10-4-5-15(23)11-20-17(19-2)21-12-16(24)22-14-8-6-13(18)7-9-14;/h6-9,15H,3-5,10-12H2,1-2H3,(H,22,24)(H2,19,20,21);1H. The molecule has 0 bridgehead atoms. The van der Waals surface area contributed by atoms with Crippen LogP contribution in [0.1, 0.15) is 19.8 Å². The van der Waals surface area contributed by atoms with Crippen LogP contribution < -0.4 is 16.0 Å². The van der Waals surface area contributed by atoms with Gasteiger partial charge in [0.25, 0.3) is 0 Å². The van der Waals surface area contributed by atoms with Crippen molar-refractivity contribution in [3.63, 3.8) is 0 Å². The van der Waals surface area contributed by atoms with Gasteiger partial charge in [0.1, 0.15) is 5.82 Å². The van der Waals surface area contributed by atoms with Crippen LogP contribution in [0.25, 0.3) is 0 Å². The largest absolute Gasteiger partial charge is 0.355 e. The van der Waals surface area contributed by atoms with Gasteiger partial charge < -0.3 is 16.0 Å². The third-order valence-electron chi connectivity index (χ3n) is 4.18. The number of halogens is 2. The van der Waals surface area contributed by atoms with Crippen molar-refractivity contribution in [2.75, 3.05) is 38.5 Å². The number of carbonyl (C=O) groups is 1. The van der Waals surface area contributed by atoms with E-state index in [0.29, 0.717) is 17.7 Å². The number of amides is 1. The Morgan fingerprint density at radius 3 is 2.68 bits per heavy atom. The molecule has 1 aromatic carbocycles. The number of nitrogens with zero attached hydrogens (tertiary/aromatic N) is 2. The summed E-state index contributed by atoms with van der Waals surface area (Å²) in [5.41, 5.74) is 0.565. The SMILES string of the molecule is CCN1CCCC1CNC(=NC)NCC(=O)Nc1ccc(F)cc1.I. The van der Waals surface area contributed by atoms with Crippen molar-refractivity contribution >= 4 is 41.5 Å². The Balaban J connectivity index is 0.00000312. The minimum absolute atomic E-state index is 0. The number of anilines is 1. The lowest BCUT2D eigenvalue weighted by Crippen LogP contribution is -2.46. The van der Waals surface area contributed by atoms with E-state index in [4.69, 9.17) is 0 Å². The summed E-state index contributed by atoms with van der Waals surface area (Å²) in [6.45, 7) is 5.28. The van der Waals surface area contributed by atoms with Crippen LogP contribution in [0, 0.1) is 5.82 Å². The molecule has 1 saturated heterocycles. The predicted octanol–water partition coefficient (Wildman–Crippen LogP) is 2.03. The van der Waals surface area contributed by atoms with E-state index in [9.17, 15) is 9.18 Å². The third-order valence-corrected chi connectivity index (χ3v) is 4.18. The van der Waals surface area contributed by atoms with Crippen LogP contribution in [0.2, 0.25) is 0 Å². The molecule has 1 aliphatic rings. The van der Waals surface area contributed by atoms with E-state index in [-0.39, 0.29) is 42.2 Å². The van der Waals surface area contributed by atoms with E-state index in [1.165, 1.54) is 37.1 Å². The van der Waals surface area contributed by atoms with Gasteiger partial charge in [-0.15, -0.1) is 24.0 Å². The first-order valence-electron chi connectivity index (χ1n) is 8.36. The molecule has 8 heteroatoms. The number of rotatable bonds is 6. The molecule has 0 aromatic heterocycles. The summed E-state index contributed by atoms with van der Waals surface area (Å²) in [6, 6.07) is 6.19. The molecule has 140 valence electrons. The number of aliphatic imine (C=N–C) groups is 1. The smallest absolute Gasteiger partial charge is 0.243 e. The van der Waals surface area contributed by atoms with Crippen LogP contribution in [0.15, 0.2) is 29.3 Å². The highest BCUT2D eigenvalue weighted by Gasteiger charge is 2.22. The second-order valence-corrected chi connectivity index (χ2v) is 5.79. The maximum Gasteiger partial charge on any atom is 0.243 e. The zero-order valence-electron chi connectivity index (χ0n) is 14.7. The normalized spacial score (nSPS) is 17.7. The summed E-state index contributed by atoms with van der Waals surface area (Å²) < 4.78 is 12.8. The predicted molar refractivity (Wildman–Crippen MR) is 110 cm³/mol. The summed E-state index contributed by atoms with van der Waals surface area (Å²) >= 11 is 0. The van der Waals surface area contributed by atoms with Crippen LogP contribution in [-0.2, 0) is 4.79 Å². The van der Waals surface area contributed by atoms with Crippen molar-refractivity contribution in [1.82, 2.24) is 15.5 Å². The highest BCUT2D eigenvalue weighted by molar-refractivity contribution is 14.0. The maximum atomic E-state index is 12.8. The number of guanidine groups is 1. The minimum Gasteiger partial charge on any atom is -0.355 e. The summed E-state index contributed by atoms with van der Waals surface area (Å²) in [5.74, 6) is 0.0663. The van der Waals surface area contributed by atoms with Gasteiger partial charge in [-0.2, -0.15) is 0 Å². The number of hydrogen-bond donors (Lipinski definition) is 3. The molecule has 0 radical (unpaired) electrons. The van der Waals surface area contributed by atoms with E-state index in [1.807, 2.05) is 0 Å². The van der Waals surface area contributed by atoms with Crippen LogP contribution in [0.3, 0.4) is 0 Å². The van der Waals surface area contributed by atoms with Gasteiger partial charge in [0, 0.05) is 25.3 Å². The number of benzene rings is 1. The highest BCUT2D eigenvalue weighted by Crippen LogP contribution is 2.15. The van der Waals surface area contributed by atoms with Crippen LogP contribution in [0.4, 0.5) is 10.1 Å². The van der Waals surface area contributed by atoms with Crippen molar-refractivity contribution in [3.8, 4) is 0 Å². The van der Waals surface area contributed by atoms with E-state index in [2.05, 4.69) is 32.8 Å². The molecule has 1 heterocycles. The van der Waals surface area contributed by atoms with Gasteiger partial charge in [-0.1, -0.05) is 6.92 Å². The Bertz CT molecular complexity index is 567. The Labute approximate surface area is 165 Å². The molecule has 25 heavy (non-hydrogen) atoms. The molecule has 1 aliphatic heterocycles. The first-order valence-corrected chi connectivity index (χ1v) is 8.36. The van der Waals surface area contributed by atoms with Crippen molar-refractivity contribution in [1.29, 1.82) is 0 Å². The summed E-state index contributed by atoms with van der Waals surface area (Å²) in [5, 5.41) is 8.96. The monoisotopic (exact) mass is 463 g/mol. The van der Waals surface area contributed by atoms with E-state index in [1.54, 1.807) is 7.05 Å². The fourth-order valence-corrected chi connectivity index (χ4v) is 2.88. The molecule has 0 aliphatic carbocycles. The van der Waals surface area contributed by atoms with Crippen molar-refractivity contribution < 1.29 is 9.18 Å².